The number of aliphatic hydroxyl groups excluding tert-OH is 1. The Morgan fingerprint density at radius 2 is 1.87 bits per heavy atom. The summed E-state index contributed by atoms with van der Waals surface area (Å²) in [6.07, 6.45) is 1.33. The Bertz CT molecular complexity index is 1500. The van der Waals surface area contributed by atoms with Crippen molar-refractivity contribution >= 4 is 48.1 Å². The van der Waals surface area contributed by atoms with Crippen LogP contribution < -0.4 is 9.80 Å². The summed E-state index contributed by atoms with van der Waals surface area (Å²) >= 11 is 0. The molecule has 1 spiro atoms. The van der Waals surface area contributed by atoms with Crippen LogP contribution in [-0.4, -0.2) is 44.6 Å². The molecule has 3 aromatic rings. The number of amides is 2. The van der Waals surface area contributed by atoms with Gasteiger partial charge < -0.3 is 18.9 Å². The Morgan fingerprint density at radius 3 is 2.55 bits per heavy atom. The van der Waals surface area contributed by atoms with E-state index in [1.807, 2.05) is 61.5 Å². The highest BCUT2D eigenvalue weighted by molar-refractivity contribution is 6.72. The molecule has 8 heteroatoms. The standard InChI is InChI=1S/C30H31FN2O4Si/c1-5-15-32-23-13-12-20(33-24-11-7-9-19-8-6-10-21(26(19)24)28(33)35)17-22(23)30(29(32)36)18(2)27(38(3,4)31)25(37-30)14-16-34/h5-13,17-18,25,27,34H,1,14-16H2,2-4H3/t18-,25+,27-,30+/m1/s1. The normalized spacial score (nSPS) is 26.2. The van der Waals surface area contributed by atoms with Gasteiger partial charge in [0.2, 0.25) is 8.41 Å². The quantitative estimate of drug-likeness (QED) is 0.248. The second-order valence-corrected chi connectivity index (χ2v) is 14.8. The molecule has 6 nitrogen and oxygen atoms in total. The molecule has 4 atom stereocenters. The van der Waals surface area contributed by atoms with Crippen molar-refractivity contribution in [3.8, 4) is 0 Å². The zero-order valence-electron chi connectivity index (χ0n) is 21.8. The second kappa shape index (κ2) is 8.59. The third-order valence-electron chi connectivity index (χ3n) is 8.48. The monoisotopic (exact) mass is 530 g/mol. The first kappa shape index (κ1) is 25.0. The van der Waals surface area contributed by atoms with E-state index in [1.54, 1.807) is 29.0 Å². The molecule has 0 saturated carbocycles. The molecule has 0 bridgehead atoms. The molecule has 6 rings (SSSR count). The number of fused-ring (bicyclic) bond motifs is 2. The van der Waals surface area contributed by atoms with Gasteiger partial charge >= 0.3 is 0 Å². The Hall–Kier alpha value is -3.33. The van der Waals surface area contributed by atoms with Crippen LogP contribution in [-0.2, 0) is 15.1 Å². The minimum Gasteiger partial charge on any atom is -0.396 e. The molecular weight excluding hydrogens is 499 g/mol. The summed E-state index contributed by atoms with van der Waals surface area (Å²) in [6, 6.07) is 17.1. The molecule has 0 radical (unpaired) electrons. The summed E-state index contributed by atoms with van der Waals surface area (Å²) in [5, 5.41) is 11.6. The average molecular weight is 531 g/mol. The summed E-state index contributed by atoms with van der Waals surface area (Å²) < 4.78 is 22.3. The molecule has 0 aromatic heterocycles. The molecule has 0 unspecified atom stereocenters. The van der Waals surface area contributed by atoms with E-state index in [-0.39, 0.29) is 31.4 Å². The number of aliphatic hydroxyl groups is 1. The predicted molar refractivity (Wildman–Crippen MR) is 149 cm³/mol. The minimum atomic E-state index is -3.29. The van der Waals surface area contributed by atoms with Crippen molar-refractivity contribution in [1.29, 1.82) is 0 Å². The van der Waals surface area contributed by atoms with E-state index in [1.165, 1.54) is 0 Å². The number of nitrogens with zero attached hydrogens (tertiary/aromatic N) is 2. The van der Waals surface area contributed by atoms with Crippen molar-refractivity contribution in [3.05, 3.63) is 78.4 Å². The third-order valence-corrected chi connectivity index (χ3v) is 10.9. The first-order chi connectivity index (χ1) is 18.1. The van der Waals surface area contributed by atoms with E-state index in [4.69, 9.17) is 4.74 Å². The molecule has 3 aromatic carbocycles. The maximum Gasteiger partial charge on any atom is 0.264 e. The molecule has 196 valence electrons. The predicted octanol–water partition coefficient (Wildman–Crippen LogP) is 5.82. The van der Waals surface area contributed by atoms with Crippen molar-refractivity contribution in [3.63, 3.8) is 0 Å². The van der Waals surface area contributed by atoms with Gasteiger partial charge in [-0.05, 0) is 55.2 Å². The lowest BCUT2D eigenvalue weighted by Crippen LogP contribution is -2.45. The highest BCUT2D eigenvalue weighted by Crippen LogP contribution is 2.60. The summed E-state index contributed by atoms with van der Waals surface area (Å²) in [5.41, 5.74) is 1.47. The SMILES string of the molecule is C=CCN1C(=O)[C@@]2(O[C@@H](CCO)[C@H]([Si](C)(C)F)[C@H]2C)c2cc(N3C(=O)c4cccc5cccc3c45)ccc21. The Labute approximate surface area is 222 Å². The zero-order valence-corrected chi connectivity index (χ0v) is 22.8. The van der Waals surface area contributed by atoms with Crippen LogP contribution >= 0.6 is 0 Å². The van der Waals surface area contributed by atoms with Gasteiger partial charge in [-0.15, -0.1) is 6.58 Å². The van der Waals surface area contributed by atoms with Crippen molar-refractivity contribution < 1.29 is 23.5 Å². The van der Waals surface area contributed by atoms with Crippen molar-refractivity contribution in [2.45, 2.75) is 43.7 Å². The van der Waals surface area contributed by atoms with Crippen LogP contribution in [0.1, 0.15) is 29.3 Å². The molecule has 1 saturated heterocycles. The lowest BCUT2D eigenvalue weighted by Gasteiger charge is -2.31. The van der Waals surface area contributed by atoms with Gasteiger partial charge in [0.15, 0.2) is 5.60 Å². The topological polar surface area (TPSA) is 70.1 Å². The molecule has 1 fully saturated rings. The number of carbonyl (C=O) groups is 2. The molecule has 3 heterocycles. The zero-order chi connectivity index (χ0) is 27.0. The first-order valence-electron chi connectivity index (χ1n) is 13.1. The summed E-state index contributed by atoms with van der Waals surface area (Å²) in [5.74, 6) is -0.845. The van der Waals surface area contributed by atoms with Gasteiger partial charge in [-0.25, -0.2) is 0 Å². The van der Waals surface area contributed by atoms with E-state index in [2.05, 4.69) is 6.58 Å². The Kier molecular flexibility index (Phi) is 5.65. The fourth-order valence-corrected chi connectivity index (χ4v) is 9.60. The molecular formula is C30H31FN2O4Si. The Morgan fingerprint density at radius 1 is 1.13 bits per heavy atom. The number of benzene rings is 3. The van der Waals surface area contributed by atoms with Crippen LogP contribution in [0.2, 0.25) is 18.6 Å². The summed E-state index contributed by atoms with van der Waals surface area (Å²) in [7, 11) is -3.29. The first-order valence-corrected chi connectivity index (χ1v) is 16.0. The minimum absolute atomic E-state index is 0.133. The van der Waals surface area contributed by atoms with E-state index < -0.39 is 31.6 Å². The van der Waals surface area contributed by atoms with Gasteiger partial charge in [0.1, 0.15) is 0 Å². The maximum absolute atomic E-state index is 15.7. The summed E-state index contributed by atoms with van der Waals surface area (Å²) in [6.45, 7) is 9.12. The Balaban J connectivity index is 1.54. The molecule has 1 N–H and O–H groups in total. The van der Waals surface area contributed by atoms with Crippen LogP contribution in [0, 0.1) is 5.92 Å². The number of hydrogen-bond donors (Lipinski definition) is 1. The molecule has 0 aliphatic carbocycles. The summed E-state index contributed by atoms with van der Waals surface area (Å²) in [4.78, 5) is 31.1. The van der Waals surface area contributed by atoms with E-state index in [0.717, 1.165) is 16.5 Å². The van der Waals surface area contributed by atoms with Gasteiger partial charge in [-0.2, -0.15) is 0 Å². The van der Waals surface area contributed by atoms with E-state index in [0.29, 0.717) is 22.5 Å². The van der Waals surface area contributed by atoms with Crippen molar-refractivity contribution in [1.82, 2.24) is 0 Å². The number of hydrogen-bond acceptors (Lipinski definition) is 4. The second-order valence-electron chi connectivity index (χ2n) is 11.0. The van der Waals surface area contributed by atoms with Crippen molar-refractivity contribution in [2.24, 2.45) is 5.92 Å². The number of rotatable bonds is 6. The van der Waals surface area contributed by atoms with Crippen molar-refractivity contribution in [2.75, 3.05) is 23.0 Å². The molecule has 3 aliphatic rings. The van der Waals surface area contributed by atoms with Gasteiger partial charge in [0.25, 0.3) is 11.8 Å². The lowest BCUT2D eigenvalue weighted by molar-refractivity contribution is -0.146. The maximum atomic E-state index is 15.7. The molecule has 3 aliphatic heterocycles. The molecule has 38 heavy (non-hydrogen) atoms. The average Bonchev–Trinajstić information content (AvgIpc) is 3.43. The van der Waals surface area contributed by atoms with E-state index in [9.17, 15) is 14.7 Å². The van der Waals surface area contributed by atoms with Gasteiger partial charge in [0, 0.05) is 41.2 Å². The van der Waals surface area contributed by atoms with Crippen LogP contribution in [0.4, 0.5) is 21.2 Å². The van der Waals surface area contributed by atoms with Crippen LogP contribution in [0.5, 0.6) is 0 Å². The number of ether oxygens (including phenoxy) is 1. The highest BCUT2D eigenvalue weighted by atomic mass is 28.4. The van der Waals surface area contributed by atoms with E-state index >= 15 is 4.11 Å². The van der Waals surface area contributed by atoms with Gasteiger partial charge in [0.05, 0.1) is 23.0 Å². The van der Waals surface area contributed by atoms with Gasteiger partial charge in [-0.1, -0.05) is 37.3 Å². The highest BCUT2D eigenvalue weighted by Gasteiger charge is 2.66. The van der Waals surface area contributed by atoms with Gasteiger partial charge in [-0.3, -0.25) is 14.5 Å². The fourth-order valence-electron chi connectivity index (χ4n) is 7.05. The number of anilines is 3. The lowest BCUT2D eigenvalue weighted by atomic mass is 9.82. The smallest absolute Gasteiger partial charge is 0.264 e. The van der Waals surface area contributed by atoms with Crippen LogP contribution in [0.15, 0.2) is 67.3 Å². The number of carbonyl (C=O) groups excluding carboxylic acids is 2. The largest absolute Gasteiger partial charge is 0.396 e. The van der Waals surface area contributed by atoms with Crippen LogP contribution in [0.3, 0.4) is 0 Å². The van der Waals surface area contributed by atoms with Crippen LogP contribution in [0.25, 0.3) is 10.8 Å². The third kappa shape index (κ3) is 3.23. The molecule has 2 amide bonds. The number of halogens is 1. The fraction of sp³-hybridized carbons (Fsp3) is 0.333.